The molecule has 2 bridgehead atoms. The largest absolute Gasteiger partial charge is 0.472 e. The summed E-state index contributed by atoms with van der Waals surface area (Å²) in [5, 5.41) is 11.3. The van der Waals surface area contributed by atoms with Crippen molar-refractivity contribution in [2.75, 3.05) is 19.6 Å². The molecule has 4 aromatic rings. The maximum absolute atomic E-state index is 6.18. The van der Waals surface area contributed by atoms with Gasteiger partial charge in [0, 0.05) is 40.0 Å². The Kier molecular flexibility index (Phi) is 3.62. The molecule has 3 aliphatic rings. The van der Waals surface area contributed by atoms with Crippen LogP contribution in [0.5, 0.6) is 5.88 Å². The van der Waals surface area contributed by atoms with Gasteiger partial charge in [-0.05, 0) is 56.1 Å². The van der Waals surface area contributed by atoms with Crippen LogP contribution in [0.1, 0.15) is 12.8 Å². The lowest BCUT2D eigenvalue weighted by molar-refractivity contribution is -0.0103. The molecular weight excluding hydrogens is 348 g/mol. The zero-order valence-electron chi connectivity index (χ0n) is 15.6. The molecule has 3 fully saturated rings. The van der Waals surface area contributed by atoms with E-state index in [0.29, 0.717) is 11.8 Å². The number of H-pyrrole nitrogens is 1. The molecule has 0 unspecified atom stereocenters. The SMILES string of the molecule is c1ccc2c(c1)[nH]c1ccc(-c3ccc(O[C@H]4CN5CCC4CC5)nn3)cc12. The number of nitrogens with zero attached hydrogens (tertiary/aromatic N) is 3. The number of aromatic amines is 1. The third-order valence-electron chi connectivity index (χ3n) is 6.31. The fourth-order valence-electron chi connectivity index (χ4n) is 4.74. The summed E-state index contributed by atoms with van der Waals surface area (Å²) in [4.78, 5) is 5.95. The summed E-state index contributed by atoms with van der Waals surface area (Å²) in [6.45, 7) is 3.45. The van der Waals surface area contributed by atoms with Gasteiger partial charge in [-0.2, -0.15) is 0 Å². The van der Waals surface area contributed by atoms with Gasteiger partial charge in [0.1, 0.15) is 6.10 Å². The van der Waals surface area contributed by atoms with Crippen LogP contribution < -0.4 is 4.74 Å². The predicted octanol–water partition coefficient (Wildman–Crippen LogP) is 4.25. The fraction of sp³-hybridized carbons (Fsp3) is 0.304. The monoisotopic (exact) mass is 370 g/mol. The summed E-state index contributed by atoms with van der Waals surface area (Å²) in [7, 11) is 0. The van der Waals surface area contributed by atoms with Crippen LogP contribution in [-0.2, 0) is 0 Å². The molecule has 140 valence electrons. The van der Waals surface area contributed by atoms with Gasteiger partial charge in [-0.3, -0.25) is 4.90 Å². The third-order valence-corrected chi connectivity index (χ3v) is 6.31. The van der Waals surface area contributed by atoms with Gasteiger partial charge in [0.05, 0.1) is 5.69 Å². The van der Waals surface area contributed by atoms with Crippen molar-refractivity contribution < 1.29 is 4.74 Å². The Bertz CT molecular complexity index is 1140. The van der Waals surface area contributed by atoms with Gasteiger partial charge in [0.15, 0.2) is 0 Å². The molecular formula is C23H22N4O. The highest BCUT2D eigenvalue weighted by Crippen LogP contribution is 2.31. The molecule has 2 aromatic carbocycles. The highest BCUT2D eigenvalue weighted by Gasteiger charge is 2.35. The quantitative estimate of drug-likeness (QED) is 0.586. The van der Waals surface area contributed by atoms with Crippen molar-refractivity contribution in [3.8, 4) is 17.1 Å². The lowest BCUT2D eigenvalue weighted by atomic mass is 9.86. The zero-order chi connectivity index (χ0) is 18.5. The number of piperidine rings is 3. The van der Waals surface area contributed by atoms with Crippen LogP contribution in [0.4, 0.5) is 0 Å². The van der Waals surface area contributed by atoms with Crippen molar-refractivity contribution >= 4 is 21.8 Å². The van der Waals surface area contributed by atoms with Crippen molar-refractivity contribution in [3.05, 3.63) is 54.6 Å². The van der Waals surface area contributed by atoms with Crippen LogP contribution in [0.3, 0.4) is 0 Å². The Labute approximate surface area is 163 Å². The topological polar surface area (TPSA) is 54.0 Å². The normalized spacial score (nSPS) is 24.1. The molecule has 1 atom stereocenters. The second-order valence-electron chi connectivity index (χ2n) is 7.98. The molecule has 5 heteroatoms. The first-order valence-corrected chi connectivity index (χ1v) is 10.1. The molecule has 0 amide bonds. The summed E-state index contributed by atoms with van der Waals surface area (Å²) >= 11 is 0. The number of nitrogens with one attached hydrogen (secondary N) is 1. The summed E-state index contributed by atoms with van der Waals surface area (Å²) in [5.41, 5.74) is 4.23. The van der Waals surface area contributed by atoms with Gasteiger partial charge in [0.2, 0.25) is 5.88 Å². The lowest BCUT2D eigenvalue weighted by Gasteiger charge is -2.44. The van der Waals surface area contributed by atoms with E-state index < -0.39 is 0 Å². The molecule has 28 heavy (non-hydrogen) atoms. The summed E-state index contributed by atoms with van der Waals surface area (Å²) in [6, 6.07) is 18.7. The number of benzene rings is 2. The fourth-order valence-corrected chi connectivity index (χ4v) is 4.74. The van der Waals surface area contributed by atoms with Gasteiger partial charge in [-0.15, -0.1) is 10.2 Å². The van der Waals surface area contributed by atoms with E-state index in [2.05, 4.69) is 62.5 Å². The van der Waals surface area contributed by atoms with Gasteiger partial charge in [0.25, 0.3) is 0 Å². The Balaban J connectivity index is 1.28. The van der Waals surface area contributed by atoms with Gasteiger partial charge >= 0.3 is 0 Å². The van der Waals surface area contributed by atoms with Crippen LogP contribution in [0.15, 0.2) is 54.6 Å². The molecule has 2 aromatic heterocycles. The van der Waals surface area contributed by atoms with E-state index in [0.717, 1.165) is 28.8 Å². The van der Waals surface area contributed by atoms with Gasteiger partial charge in [-0.1, -0.05) is 24.3 Å². The van der Waals surface area contributed by atoms with E-state index >= 15 is 0 Å². The van der Waals surface area contributed by atoms with E-state index in [1.807, 2.05) is 12.1 Å². The number of ether oxygens (including phenoxy) is 1. The van der Waals surface area contributed by atoms with Crippen molar-refractivity contribution in [1.29, 1.82) is 0 Å². The number of fused-ring (bicyclic) bond motifs is 6. The number of aromatic nitrogens is 3. The molecule has 0 saturated carbocycles. The maximum atomic E-state index is 6.18. The minimum atomic E-state index is 0.255. The van der Waals surface area contributed by atoms with Crippen molar-refractivity contribution in [3.63, 3.8) is 0 Å². The Hall–Kier alpha value is -2.92. The third kappa shape index (κ3) is 2.66. The van der Waals surface area contributed by atoms with Gasteiger partial charge < -0.3 is 9.72 Å². The first-order valence-electron chi connectivity index (χ1n) is 10.1. The summed E-state index contributed by atoms with van der Waals surface area (Å²) < 4.78 is 6.18. The van der Waals surface area contributed by atoms with E-state index in [1.54, 1.807) is 0 Å². The highest BCUT2D eigenvalue weighted by atomic mass is 16.5. The minimum Gasteiger partial charge on any atom is -0.472 e. The molecule has 7 rings (SSSR count). The van der Waals surface area contributed by atoms with Crippen molar-refractivity contribution in [2.45, 2.75) is 18.9 Å². The van der Waals surface area contributed by atoms with Crippen LogP contribution in [0.25, 0.3) is 33.1 Å². The van der Waals surface area contributed by atoms with Gasteiger partial charge in [-0.25, -0.2) is 0 Å². The Morgan fingerprint density at radius 2 is 1.75 bits per heavy atom. The van der Waals surface area contributed by atoms with E-state index in [4.69, 9.17) is 4.74 Å². The zero-order valence-corrected chi connectivity index (χ0v) is 15.6. The first-order chi connectivity index (χ1) is 13.8. The number of hydrogen-bond acceptors (Lipinski definition) is 4. The molecule has 5 heterocycles. The summed E-state index contributed by atoms with van der Waals surface area (Å²) in [5.74, 6) is 1.30. The smallest absolute Gasteiger partial charge is 0.233 e. The molecule has 0 radical (unpaired) electrons. The molecule has 0 spiro atoms. The standard InChI is InChI=1S/C23H22N4O/c1-2-4-20-17(3-1)18-13-16(5-6-21(18)24-20)19-7-8-23(26-25-19)28-22-14-27-11-9-15(22)10-12-27/h1-8,13,15,22,24H,9-12,14H2/t22-/m0/s1. The molecule has 5 nitrogen and oxygen atoms in total. The van der Waals surface area contributed by atoms with Crippen LogP contribution in [-0.4, -0.2) is 45.8 Å². The Morgan fingerprint density at radius 3 is 2.54 bits per heavy atom. The van der Waals surface area contributed by atoms with E-state index in [9.17, 15) is 0 Å². The lowest BCUT2D eigenvalue weighted by Crippen LogP contribution is -2.52. The summed E-state index contributed by atoms with van der Waals surface area (Å²) in [6.07, 6.45) is 2.73. The second-order valence-corrected chi connectivity index (χ2v) is 7.98. The van der Waals surface area contributed by atoms with Crippen LogP contribution >= 0.6 is 0 Å². The van der Waals surface area contributed by atoms with E-state index in [1.165, 1.54) is 36.7 Å². The minimum absolute atomic E-state index is 0.255. The molecule has 3 saturated heterocycles. The Morgan fingerprint density at radius 1 is 0.893 bits per heavy atom. The van der Waals surface area contributed by atoms with Crippen LogP contribution in [0, 0.1) is 5.92 Å². The van der Waals surface area contributed by atoms with Crippen molar-refractivity contribution in [1.82, 2.24) is 20.1 Å². The average molecular weight is 370 g/mol. The molecule has 0 aliphatic carbocycles. The molecule has 3 aliphatic heterocycles. The van der Waals surface area contributed by atoms with Crippen LogP contribution in [0.2, 0.25) is 0 Å². The number of para-hydroxylation sites is 1. The predicted molar refractivity (Wildman–Crippen MR) is 110 cm³/mol. The second kappa shape index (κ2) is 6.31. The number of hydrogen-bond donors (Lipinski definition) is 1. The molecule has 1 N–H and O–H groups in total. The number of rotatable bonds is 3. The highest BCUT2D eigenvalue weighted by molar-refractivity contribution is 6.08. The van der Waals surface area contributed by atoms with E-state index in [-0.39, 0.29) is 6.10 Å². The first kappa shape index (κ1) is 16.1. The maximum Gasteiger partial charge on any atom is 0.233 e. The van der Waals surface area contributed by atoms with Crippen molar-refractivity contribution in [2.24, 2.45) is 5.92 Å². The average Bonchev–Trinajstić information content (AvgIpc) is 3.13.